The molecule has 4 atom stereocenters. The van der Waals surface area contributed by atoms with E-state index >= 15 is 0 Å². The summed E-state index contributed by atoms with van der Waals surface area (Å²) in [7, 11) is -16.4. The first-order chi connectivity index (χ1) is 18.4. The molecule has 0 N–H and O–H groups in total. The van der Waals surface area contributed by atoms with E-state index in [-0.39, 0.29) is 21.6 Å². The SMILES string of the molecule is CC(C)c1ccc(S(=O)(=O)N2[C@@H]3CS(=O)(=O)C[C@@H]3N(S(=O)(=O)c3ccc(C(C)C)cc3)[C@H]3CS(=O)(=O)C[C@@H]32)cc1. The third-order valence-corrected chi connectivity index (χ3v) is 15.5. The molecule has 14 heteroatoms. The highest BCUT2D eigenvalue weighted by atomic mass is 32.2. The average Bonchev–Trinajstić information content (AvgIpc) is 3.34. The summed E-state index contributed by atoms with van der Waals surface area (Å²) in [6.07, 6.45) is 0. The van der Waals surface area contributed by atoms with E-state index in [2.05, 4.69) is 0 Å². The fourth-order valence-electron chi connectivity index (χ4n) is 6.09. The van der Waals surface area contributed by atoms with Crippen molar-refractivity contribution in [2.24, 2.45) is 0 Å². The van der Waals surface area contributed by atoms with Crippen LogP contribution in [0, 0.1) is 0 Å². The second kappa shape index (κ2) is 9.87. The fourth-order valence-corrected chi connectivity index (χ4v) is 14.1. The largest absolute Gasteiger partial charge is 0.243 e. The maximum atomic E-state index is 14.1. The van der Waals surface area contributed by atoms with Gasteiger partial charge in [0, 0.05) is 0 Å². The highest BCUT2D eigenvalue weighted by molar-refractivity contribution is 7.93. The van der Waals surface area contributed by atoms with E-state index in [1.54, 1.807) is 24.3 Å². The van der Waals surface area contributed by atoms with Gasteiger partial charge in [-0.15, -0.1) is 0 Å². The molecule has 3 fully saturated rings. The number of nitrogens with zero attached hydrogens (tertiary/aromatic N) is 2. The van der Waals surface area contributed by atoms with Crippen LogP contribution >= 0.6 is 0 Å². The van der Waals surface area contributed by atoms with Gasteiger partial charge < -0.3 is 0 Å². The van der Waals surface area contributed by atoms with Crippen molar-refractivity contribution in [1.82, 2.24) is 8.61 Å². The highest BCUT2D eigenvalue weighted by Gasteiger charge is 2.63. The second-order valence-corrected chi connectivity index (χ2v) is 19.5. The van der Waals surface area contributed by atoms with Crippen LogP contribution in [0.4, 0.5) is 0 Å². The van der Waals surface area contributed by atoms with Gasteiger partial charge in [-0.1, -0.05) is 52.0 Å². The zero-order chi connectivity index (χ0) is 29.4. The Labute approximate surface area is 237 Å². The molecule has 3 aliphatic heterocycles. The Morgan fingerprint density at radius 2 is 0.800 bits per heavy atom. The number of piperazine rings is 1. The van der Waals surface area contributed by atoms with Gasteiger partial charge in [0.25, 0.3) is 0 Å². The third kappa shape index (κ3) is 5.04. The number of benzene rings is 2. The number of fused-ring (bicyclic) bond motifs is 2. The summed E-state index contributed by atoms with van der Waals surface area (Å²) < 4.78 is 110. The Balaban J connectivity index is 1.65. The van der Waals surface area contributed by atoms with Crippen molar-refractivity contribution in [3.05, 3.63) is 59.7 Å². The molecule has 5 rings (SSSR count). The van der Waals surface area contributed by atoms with Crippen LogP contribution in [-0.2, 0) is 39.7 Å². The Bertz CT molecular complexity index is 1570. The molecule has 0 spiro atoms. The molecule has 0 unspecified atom stereocenters. The van der Waals surface area contributed by atoms with Gasteiger partial charge in [0.15, 0.2) is 19.7 Å². The molecule has 10 nitrogen and oxygen atoms in total. The third-order valence-electron chi connectivity index (χ3n) is 8.14. The van der Waals surface area contributed by atoms with E-state index in [1.807, 2.05) is 27.7 Å². The molecule has 3 aliphatic rings. The maximum absolute atomic E-state index is 14.1. The van der Waals surface area contributed by atoms with Crippen LogP contribution in [0.25, 0.3) is 0 Å². The van der Waals surface area contributed by atoms with Crippen LogP contribution in [0.3, 0.4) is 0 Å². The first kappa shape index (κ1) is 29.6. The van der Waals surface area contributed by atoms with Crippen LogP contribution in [0.5, 0.6) is 0 Å². The molecule has 0 saturated carbocycles. The van der Waals surface area contributed by atoms with Gasteiger partial charge in [0.1, 0.15) is 0 Å². The quantitative estimate of drug-likeness (QED) is 0.472. The van der Waals surface area contributed by atoms with Crippen LogP contribution in [0.15, 0.2) is 58.3 Å². The molecular formula is C26H34N2O8S4. The molecule has 0 amide bonds. The van der Waals surface area contributed by atoms with E-state index in [4.69, 9.17) is 0 Å². The smallest absolute Gasteiger partial charge is 0.229 e. The van der Waals surface area contributed by atoms with Gasteiger partial charge in [0.2, 0.25) is 20.0 Å². The Morgan fingerprint density at radius 1 is 0.550 bits per heavy atom. The number of sulfonamides is 2. The summed E-state index contributed by atoms with van der Waals surface area (Å²) in [5.74, 6) is -2.08. The summed E-state index contributed by atoms with van der Waals surface area (Å²) in [5.41, 5.74) is 1.81. The first-order valence-corrected chi connectivity index (χ1v) is 19.6. The summed E-state index contributed by atoms with van der Waals surface area (Å²) >= 11 is 0. The summed E-state index contributed by atoms with van der Waals surface area (Å²) in [5, 5.41) is 0. The number of rotatable bonds is 6. The van der Waals surface area contributed by atoms with Crippen molar-refractivity contribution >= 4 is 39.7 Å². The van der Waals surface area contributed by atoms with E-state index in [0.717, 1.165) is 19.7 Å². The minimum Gasteiger partial charge on any atom is -0.229 e. The maximum Gasteiger partial charge on any atom is 0.243 e. The Hall–Kier alpha value is -1.84. The Morgan fingerprint density at radius 3 is 1.02 bits per heavy atom. The molecule has 2 aromatic carbocycles. The molecule has 3 saturated heterocycles. The molecule has 40 heavy (non-hydrogen) atoms. The summed E-state index contributed by atoms with van der Waals surface area (Å²) in [6.45, 7) is 7.84. The molecule has 0 bridgehead atoms. The predicted octanol–water partition coefficient (Wildman–Crippen LogP) is 1.96. The van der Waals surface area contributed by atoms with Crippen molar-refractivity contribution in [2.45, 2.75) is 73.5 Å². The standard InChI is InChI=1S/C26H34N2O8S4/c1-17(2)19-5-9-21(10-6-19)39(33,34)27-23-13-37(29,30)15-25(23)28(26-16-38(31,32)14-24(26)27)40(35,36)22-11-7-20(8-12-22)18(3)4/h5-12,17-18,23-26H,13-16H2,1-4H3/t23-,24-,25-,26+/m0/s1. The van der Waals surface area contributed by atoms with E-state index in [1.165, 1.54) is 24.3 Å². The van der Waals surface area contributed by atoms with E-state index in [0.29, 0.717) is 0 Å². The summed E-state index contributed by atoms with van der Waals surface area (Å²) in [4.78, 5) is -0.188. The molecule has 220 valence electrons. The van der Waals surface area contributed by atoms with Crippen LogP contribution in [0.2, 0.25) is 0 Å². The van der Waals surface area contributed by atoms with Crippen LogP contribution in [-0.4, -0.2) is 89.5 Å². The lowest BCUT2D eigenvalue weighted by Gasteiger charge is -2.49. The lowest BCUT2D eigenvalue weighted by atomic mass is 10.0. The van der Waals surface area contributed by atoms with E-state index in [9.17, 15) is 33.7 Å². The minimum absolute atomic E-state index is 0.0939. The molecule has 2 aromatic rings. The molecular weight excluding hydrogens is 597 g/mol. The van der Waals surface area contributed by atoms with Gasteiger partial charge in [-0.05, 0) is 47.2 Å². The number of sulfone groups is 2. The van der Waals surface area contributed by atoms with Crippen molar-refractivity contribution in [3.8, 4) is 0 Å². The highest BCUT2D eigenvalue weighted by Crippen LogP contribution is 2.43. The summed E-state index contributed by atoms with van der Waals surface area (Å²) in [6, 6.07) is 7.35. The zero-order valence-corrected chi connectivity index (χ0v) is 26.0. The van der Waals surface area contributed by atoms with Gasteiger partial charge >= 0.3 is 0 Å². The monoisotopic (exact) mass is 630 g/mol. The van der Waals surface area contributed by atoms with Crippen LogP contribution < -0.4 is 0 Å². The molecule has 0 radical (unpaired) electrons. The van der Waals surface area contributed by atoms with Gasteiger partial charge in [-0.2, -0.15) is 8.61 Å². The van der Waals surface area contributed by atoms with Gasteiger partial charge in [-0.3, -0.25) is 0 Å². The number of hydrogen-bond acceptors (Lipinski definition) is 8. The average molecular weight is 631 g/mol. The first-order valence-electron chi connectivity index (χ1n) is 13.1. The lowest BCUT2D eigenvalue weighted by molar-refractivity contribution is 0.0841. The lowest BCUT2D eigenvalue weighted by Crippen LogP contribution is -2.69. The van der Waals surface area contributed by atoms with Gasteiger partial charge in [0.05, 0.1) is 57.0 Å². The van der Waals surface area contributed by atoms with Crippen LogP contribution in [0.1, 0.15) is 50.7 Å². The molecule has 0 aromatic heterocycles. The van der Waals surface area contributed by atoms with Crippen molar-refractivity contribution in [1.29, 1.82) is 0 Å². The van der Waals surface area contributed by atoms with Crippen molar-refractivity contribution in [3.63, 3.8) is 0 Å². The fraction of sp³-hybridized carbons (Fsp3) is 0.538. The predicted molar refractivity (Wildman–Crippen MR) is 152 cm³/mol. The molecule has 3 heterocycles. The normalized spacial score (nSPS) is 28.6. The number of hydrogen-bond donors (Lipinski definition) is 0. The van der Waals surface area contributed by atoms with E-state index < -0.39 is 86.9 Å². The topological polar surface area (TPSA) is 143 Å². The van der Waals surface area contributed by atoms with Gasteiger partial charge in [-0.25, -0.2) is 33.7 Å². The second-order valence-electron chi connectivity index (χ2n) is 11.5. The molecule has 0 aliphatic carbocycles. The van der Waals surface area contributed by atoms with Crippen molar-refractivity contribution < 1.29 is 33.7 Å². The Kier molecular flexibility index (Phi) is 7.32. The zero-order valence-electron chi connectivity index (χ0n) is 22.7. The van der Waals surface area contributed by atoms with Crippen molar-refractivity contribution in [2.75, 3.05) is 23.0 Å². The minimum atomic E-state index is -4.38.